The number of nitrogens with zero attached hydrogens (tertiary/aromatic N) is 2. The summed E-state index contributed by atoms with van der Waals surface area (Å²) in [4.78, 5) is 29.7. The van der Waals surface area contributed by atoms with Crippen molar-refractivity contribution in [3.63, 3.8) is 0 Å². The second-order valence-electron chi connectivity index (χ2n) is 8.05. The van der Waals surface area contributed by atoms with Gasteiger partial charge < -0.3 is 15.0 Å². The van der Waals surface area contributed by atoms with E-state index in [1.54, 1.807) is 4.90 Å². The van der Waals surface area contributed by atoms with Gasteiger partial charge in [-0.1, -0.05) is 37.3 Å². The number of carbonyl (C=O) groups is 2. The second-order valence-corrected chi connectivity index (χ2v) is 8.05. The van der Waals surface area contributed by atoms with Crippen molar-refractivity contribution in [2.45, 2.75) is 39.2 Å². The first-order valence-electron chi connectivity index (χ1n) is 10.8. The summed E-state index contributed by atoms with van der Waals surface area (Å²) < 4.78 is 5.86. The Morgan fingerprint density at radius 3 is 2.53 bits per heavy atom. The van der Waals surface area contributed by atoms with Crippen LogP contribution >= 0.6 is 0 Å². The monoisotopic (exact) mass is 407 g/mol. The molecule has 3 amide bonds. The van der Waals surface area contributed by atoms with Crippen LogP contribution in [0, 0.1) is 5.92 Å². The number of aryl methyl sites for hydroxylation is 1. The van der Waals surface area contributed by atoms with Crippen molar-refractivity contribution >= 4 is 23.3 Å². The molecule has 2 aromatic rings. The smallest absolute Gasteiger partial charge is 0.324 e. The van der Waals surface area contributed by atoms with Crippen molar-refractivity contribution in [3.05, 3.63) is 54.1 Å². The lowest BCUT2D eigenvalue weighted by atomic mass is 9.95. The molecular weight excluding hydrogens is 378 g/mol. The minimum absolute atomic E-state index is 0.00668. The first kappa shape index (κ1) is 20.3. The van der Waals surface area contributed by atoms with Gasteiger partial charge in [0, 0.05) is 24.7 Å². The lowest BCUT2D eigenvalue weighted by Gasteiger charge is -2.39. The quantitative estimate of drug-likeness (QED) is 0.825. The maximum Gasteiger partial charge on any atom is 0.324 e. The van der Waals surface area contributed by atoms with E-state index in [1.807, 2.05) is 60.4 Å². The highest BCUT2D eigenvalue weighted by Gasteiger charge is 2.33. The number of hydrogen-bond acceptors (Lipinski definition) is 3. The lowest BCUT2D eigenvalue weighted by molar-refractivity contribution is -0.121. The van der Waals surface area contributed by atoms with Crippen LogP contribution in [0.4, 0.5) is 16.2 Å². The van der Waals surface area contributed by atoms with Gasteiger partial charge in [0.2, 0.25) is 5.91 Å². The van der Waals surface area contributed by atoms with E-state index < -0.39 is 0 Å². The van der Waals surface area contributed by atoms with Crippen LogP contribution in [0.5, 0.6) is 5.75 Å². The zero-order chi connectivity index (χ0) is 21.1. The molecule has 0 aromatic heterocycles. The summed E-state index contributed by atoms with van der Waals surface area (Å²) in [6.45, 7) is 5.76. The minimum atomic E-state index is -0.0742. The van der Waals surface area contributed by atoms with Crippen LogP contribution in [0.15, 0.2) is 48.5 Å². The van der Waals surface area contributed by atoms with Crippen molar-refractivity contribution in [1.82, 2.24) is 4.90 Å². The number of para-hydroxylation sites is 3. The highest BCUT2D eigenvalue weighted by atomic mass is 16.5. The minimum Gasteiger partial charge on any atom is -0.487 e. The molecule has 2 aliphatic heterocycles. The molecule has 0 bridgehead atoms. The molecule has 0 unspecified atom stereocenters. The van der Waals surface area contributed by atoms with E-state index in [1.165, 1.54) is 0 Å². The van der Waals surface area contributed by atoms with Crippen molar-refractivity contribution in [2.24, 2.45) is 5.92 Å². The van der Waals surface area contributed by atoms with Gasteiger partial charge in [-0.05, 0) is 49.9 Å². The van der Waals surface area contributed by atoms with Crippen LogP contribution in [-0.4, -0.2) is 42.6 Å². The molecule has 2 aliphatic rings. The van der Waals surface area contributed by atoms with E-state index in [9.17, 15) is 9.59 Å². The van der Waals surface area contributed by atoms with Gasteiger partial charge in [0.15, 0.2) is 0 Å². The third-order valence-corrected chi connectivity index (χ3v) is 5.95. The SMILES string of the molecule is CCc1ccccc1NC(=O)C1CCN(C(=O)N2C[C@H](C)Oc3ccccc32)CC1. The van der Waals surface area contributed by atoms with E-state index in [2.05, 4.69) is 12.2 Å². The summed E-state index contributed by atoms with van der Waals surface area (Å²) in [6, 6.07) is 15.6. The zero-order valence-corrected chi connectivity index (χ0v) is 17.6. The van der Waals surface area contributed by atoms with Crippen LogP contribution in [0.25, 0.3) is 0 Å². The van der Waals surface area contributed by atoms with Gasteiger partial charge in [0.25, 0.3) is 0 Å². The fraction of sp³-hybridized carbons (Fsp3) is 0.417. The normalized spacial score (nSPS) is 19.1. The number of piperidine rings is 1. The second kappa shape index (κ2) is 8.78. The van der Waals surface area contributed by atoms with Crippen LogP contribution < -0.4 is 15.0 Å². The molecule has 2 aromatic carbocycles. The molecule has 2 heterocycles. The van der Waals surface area contributed by atoms with Crippen molar-refractivity contribution in [3.8, 4) is 5.75 Å². The Morgan fingerprint density at radius 1 is 1.07 bits per heavy atom. The third kappa shape index (κ3) is 4.13. The first-order chi connectivity index (χ1) is 14.6. The number of ether oxygens (including phenoxy) is 1. The molecule has 1 saturated heterocycles. The van der Waals surface area contributed by atoms with Gasteiger partial charge in [-0.3, -0.25) is 9.69 Å². The molecule has 4 rings (SSSR count). The number of amides is 3. The zero-order valence-electron chi connectivity index (χ0n) is 17.6. The Labute approximate surface area is 177 Å². The molecule has 30 heavy (non-hydrogen) atoms. The van der Waals surface area contributed by atoms with Gasteiger partial charge >= 0.3 is 6.03 Å². The maximum absolute atomic E-state index is 13.2. The predicted octanol–water partition coefficient (Wildman–Crippen LogP) is 4.31. The average molecular weight is 408 g/mol. The molecule has 1 fully saturated rings. The standard InChI is InChI=1S/C24H29N3O3/c1-3-18-8-4-5-9-20(18)25-23(28)19-12-14-26(15-13-19)24(29)27-16-17(2)30-22-11-7-6-10-21(22)27/h4-11,17,19H,3,12-16H2,1-2H3,(H,25,28)/t17-/m0/s1. The number of nitrogens with one attached hydrogen (secondary N) is 1. The summed E-state index contributed by atoms with van der Waals surface area (Å²) in [5, 5.41) is 3.09. The number of anilines is 2. The summed E-state index contributed by atoms with van der Waals surface area (Å²) in [5.74, 6) is 0.719. The Morgan fingerprint density at radius 2 is 1.77 bits per heavy atom. The molecule has 0 radical (unpaired) electrons. The summed E-state index contributed by atoms with van der Waals surface area (Å²) in [6.07, 6.45) is 2.18. The van der Waals surface area contributed by atoms with Crippen molar-refractivity contribution in [2.75, 3.05) is 29.9 Å². The number of urea groups is 1. The van der Waals surface area contributed by atoms with Gasteiger partial charge in [-0.2, -0.15) is 0 Å². The molecule has 6 heteroatoms. The van der Waals surface area contributed by atoms with Gasteiger partial charge in [-0.15, -0.1) is 0 Å². The highest BCUT2D eigenvalue weighted by molar-refractivity contribution is 5.95. The molecule has 158 valence electrons. The number of benzene rings is 2. The molecule has 0 spiro atoms. The fourth-order valence-corrected chi connectivity index (χ4v) is 4.26. The Hall–Kier alpha value is -3.02. The van der Waals surface area contributed by atoms with Crippen LogP contribution in [0.1, 0.15) is 32.3 Å². The van der Waals surface area contributed by atoms with E-state index in [0.717, 1.165) is 29.1 Å². The van der Waals surface area contributed by atoms with Crippen LogP contribution in [0.3, 0.4) is 0 Å². The van der Waals surface area contributed by atoms with E-state index >= 15 is 0 Å². The number of carbonyl (C=O) groups excluding carboxylic acids is 2. The fourth-order valence-electron chi connectivity index (χ4n) is 4.26. The Balaban J connectivity index is 1.38. The average Bonchev–Trinajstić information content (AvgIpc) is 2.78. The van der Waals surface area contributed by atoms with Gasteiger partial charge in [0.1, 0.15) is 11.9 Å². The van der Waals surface area contributed by atoms with E-state index in [4.69, 9.17) is 4.74 Å². The summed E-state index contributed by atoms with van der Waals surface area (Å²) in [7, 11) is 0. The lowest BCUT2D eigenvalue weighted by Crippen LogP contribution is -2.51. The molecule has 0 saturated carbocycles. The number of fused-ring (bicyclic) bond motifs is 1. The number of rotatable bonds is 3. The molecule has 6 nitrogen and oxygen atoms in total. The first-order valence-corrected chi connectivity index (χ1v) is 10.8. The third-order valence-electron chi connectivity index (χ3n) is 5.95. The van der Waals surface area contributed by atoms with Crippen molar-refractivity contribution in [1.29, 1.82) is 0 Å². The Kier molecular flexibility index (Phi) is 5.93. The maximum atomic E-state index is 13.2. The topological polar surface area (TPSA) is 61.9 Å². The van der Waals surface area contributed by atoms with Gasteiger partial charge in [0.05, 0.1) is 12.2 Å². The van der Waals surface area contributed by atoms with E-state index in [-0.39, 0.29) is 24.0 Å². The number of likely N-dealkylation sites (tertiary alicyclic amines) is 1. The Bertz CT molecular complexity index is 921. The molecule has 1 N–H and O–H groups in total. The summed E-state index contributed by atoms with van der Waals surface area (Å²) >= 11 is 0. The largest absolute Gasteiger partial charge is 0.487 e. The molecule has 0 aliphatic carbocycles. The van der Waals surface area contributed by atoms with Crippen molar-refractivity contribution < 1.29 is 14.3 Å². The summed E-state index contributed by atoms with van der Waals surface area (Å²) in [5.41, 5.74) is 2.85. The molecule has 1 atom stereocenters. The van der Waals surface area contributed by atoms with E-state index in [0.29, 0.717) is 32.5 Å². The predicted molar refractivity (Wildman–Crippen MR) is 118 cm³/mol. The van der Waals surface area contributed by atoms with Crippen LogP contribution in [-0.2, 0) is 11.2 Å². The molecular formula is C24H29N3O3. The number of hydrogen-bond donors (Lipinski definition) is 1. The van der Waals surface area contributed by atoms with Gasteiger partial charge in [-0.25, -0.2) is 4.79 Å². The highest BCUT2D eigenvalue weighted by Crippen LogP contribution is 2.34. The van der Waals surface area contributed by atoms with Crippen LogP contribution in [0.2, 0.25) is 0 Å².